The number of aliphatic hydroxyl groups excluding tert-OH is 1. The number of carbonyl (C=O) groups excluding carboxylic acids is 1. The second-order valence-corrected chi connectivity index (χ2v) is 6.46. The molecule has 2 N–H and O–H groups in total. The van der Waals surface area contributed by atoms with Crippen molar-refractivity contribution in [3.8, 4) is 0 Å². The maximum atomic E-state index is 11.7. The topological polar surface area (TPSA) is 83.5 Å². The van der Waals surface area contributed by atoms with Gasteiger partial charge in [0.2, 0.25) is 0 Å². The molecule has 0 aliphatic carbocycles. The highest BCUT2D eigenvalue weighted by Crippen LogP contribution is 2.08. The van der Waals surface area contributed by atoms with Crippen LogP contribution in [0.15, 0.2) is 24.3 Å². The van der Waals surface area contributed by atoms with E-state index >= 15 is 0 Å². The Bertz CT molecular complexity index is 507. The third-order valence-corrected chi connectivity index (χ3v) is 3.15. The van der Waals surface area contributed by atoms with Gasteiger partial charge in [-0.15, -0.1) is 0 Å². The van der Waals surface area contributed by atoms with Crippen molar-refractivity contribution >= 4 is 15.7 Å². The average Bonchev–Trinajstić information content (AvgIpc) is 2.27. The molecule has 1 atom stereocenters. The standard InChI is InChI=1S/C12H17NO4S/c1-9(7-14)13-12(15)11-5-3-10(4-6-11)8-18(2,16)17/h3-6,9,14H,7-8H2,1-2H3,(H,13,15). The van der Waals surface area contributed by atoms with E-state index in [1.165, 1.54) is 0 Å². The summed E-state index contributed by atoms with van der Waals surface area (Å²) in [6.45, 7) is 1.56. The summed E-state index contributed by atoms with van der Waals surface area (Å²) in [5.41, 5.74) is 1.08. The molecule has 0 saturated heterocycles. The Morgan fingerprint density at radius 3 is 2.33 bits per heavy atom. The van der Waals surface area contributed by atoms with Gasteiger partial charge >= 0.3 is 0 Å². The maximum absolute atomic E-state index is 11.7. The Balaban J connectivity index is 2.74. The first kappa shape index (κ1) is 14.7. The fraction of sp³-hybridized carbons (Fsp3) is 0.417. The number of sulfone groups is 1. The first-order valence-electron chi connectivity index (χ1n) is 5.50. The summed E-state index contributed by atoms with van der Waals surface area (Å²) in [6, 6.07) is 6.05. The van der Waals surface area contributed by atoms with Gasteiger partial charge in [0.25, 0.3) is 5.91 Å². The minimum Gasteiger partial charge on any atom is -0.394 e. The predicted molar refractivity (Wildman–Crippen MR) is 69.0 cm³/mol. The van der Waals surface area contributed by atoms with Gasteiger partial charge in [0, 0.05) is 17.9 Å². The Morgan fingerprint density at radius 2 is 1.89 bits per heavy atom. The van der Waals surface area contributed by atoms with E-state index < -0.39 is 9.84 Å². The third-order valence-electron chi connectivity index (χ3n) is 2.30. The second-order valence-electron chi connectivity index (χ2n) is 4.32. The molecule has 0 spiro atoms. The second kappa shape index (κ2) is 5.97. The first-order valence-corrected chi connectivity index (χ1v) is 7.56. The number of hydrogen-bond donors (Lipinski definition) is 2. The molecule has 6 heteroatoms. The van der Waals surface area contributed by atoms with Gasteiger partial charge in [-0.3, -0.25) is 4.79 Å². The molecule has 1 unspecified atom stereocenters. The molecule has 0 heterocycles. The Morgan fingerprint density at radius 1 is 1.33 bits per heavy atom. The van der Waals surface area contributed by atoms with Crippen LogP contribution in [0.2, 0.25) is 0 Å². The summed E-state index contributed by atoms with van der Waals surface area (Å²) >= 11 is 0. The first-order chi connectivity index (χ1) is 8.31. The number of hydrogen-bond acceptors (Lipinski definition) is 4. The van der Waals surface area contributed by atoms with Crippen molar-refractivity contribution in [2.75, 3.05) is 12.9 Å². The molecule has 1 rings (SSSR count). The molecular weight excluding hydrogens is 254 g/mol. The van der Waals surface area contributed by atoms with Crippen molar-refractivity contribution in [2.45, 2.75) is 18.7 Å². The molecule has 1 amide bonds. The summed E-state index contributed by atoms with van der Waals surface area (Å²) < 4.78 is 22.2. The van der Waals surface area contributed by atoms with E-state index in [0.717, 1.165) is 6.26 Å². The fourth-order valence-corrected chi connectivity index (χ4v) is 2.21. The van der Waals surface area contributed by atoms with Crippen molar-refractivity contribution in [3.63, 3.8) is 0 Å². The number of aliphatic hydroxyl groups is 1. The zero-order valence-electron chi connectivity index (χ0n) is 10.4. The monoisotopic (exact) mass is 271 g/mol. The van der Waals surface area contributed by atoms with Gasteiger partial charge in [-0.25, -0.2) is 8.42 Å². The van der Waals surface area contributed by atoms with Gasteiger partial charge in [-0.2, -0.15) is 0 Å². The van der Waals surface area contributed by atoms with Gasteiger partial charge in [-0.1, -0.05) is 12.1 Å². The van der Waals surface area contributed by atoms with E-state index in [1.54, 1.807) is 31.2 Å². The van der Waals surface area contributed by atoms with Gasteiger partial charge in [0.1, 0.15) is 0 Å². The molecular formula is C12H17NO4S. The molecule has 0 radical (unpaired) electrons. The minimum absolute atomic E-state index is 0.0397. The lowest BCUT2D eigenvalue weighted by atomic mass is 10.1. The van der Waals surface area contributed by atoms with Crippen molar-refractivity contribution in [1.29, 1.82) is 0 Å². The van der Waals surface area contributed by atoms with Gasteiger partial charge < -0.3 is 10.4 Å². The third kappa shape index (κ3) is 4.85. The van der Waals surface area contributed by atoms with Gasteiger partial charge in [-0.05, 0) is 24.6 Å². The summed E-state index contributed by atoms with van der Waals surface area (Å²) in [4.78, 5) is 11.7. The Kier molecular flexibility index (Phi) is 4.86. The molecule has 0 aromatic heterocycles. The molecule has 0 saturated carbocycles. The van der Waals surface area contributed by atoms with Crippen LogP contribution >= 0.6 is 0 Å². The summed E-state index contributed by atoms with van der Waals surface area (Å²) in [5.74, 6) is -0.329. The lowest BCUT2D eigenvalue weighted by Gasteiger charge is -2.10. The molecule has 18 heavy (non-hydrogen) atoms. The molecule has 0 fully saturated rings. The fourth-order valence-electron chi connectivity index (χ4n) is 1.41. The quantitative estimate of drug-likeness (QED) is 0.809. The minimum atomic E-state index is -3.07. The molecule has 100 valence electrons. The highest BCUT2D eigenvalue weighted by molar-refractivity contribution is 7.89. The molecule has 5 nitrogen and oxygen atoms in total. The van der Waals surface area contributed by atoms with Crippen LogP contribution in [0.1, 0.15) is 22.8 Å². The van der Waals surface area contributed by atoms with Crippen LogP contribution < -0.4 is 5.32 Å². The highest BCUT2D eigenvalue weighted by atomic mass is 32.2. The van der Waals surface area contributed by atoms with Crippen LogP contribution in [0.5, 0.6) is 0 Å². The van der Waals surface area contributed by atoms with E-state index in [9.17, 15) is 13.2 Å². The van der Waals surface area contributed by atoms with Crippen LogP contribution in [0.3, 0.4) is 0 Å². The van der Waals surface area contributed by atoms with Crippen molar-refractivity contribution in [2.24, 2.45) is 0 Å². The van der Waals surface area contributed by atoms with Crippen LogP contribution in [-0.4, -0.2) is 38.3 Å². The maximum Gasteiger partial charge on any atom is 0.251 e. The Labute approximate surface area is 107 Å². The van der Waals surface area contributed by atoms with Gasteiger partial charge in [0.05, 0.1) is 12.4 Å². The number of benzene rings is 1. The number of amides is 1. The van der Waals surface area contributed by atoms with E-state index in [4.69, 9.17) is 5.11 Å². The molecule has 1 aromatic rings. The highest BCUT2D eigenvalue weighted by Gasteiger charge is 2.10. The lowest BCUT2D eigenvalue weighted by molar-refractivity contribution is 0.0922. The molecule has 0 aliphatic heterocycles. The number of nitrogens with one attached hydrogen (secondary N) is 1. The molecule has 0 aliphatic rings. The Hall–Kier alpha value is -1.40. The number of carbonyl (C=O) groups is 1. The summed E-state index contributed by atoms with van der Waals surface area (Å²) in [6.07, 6.45) is 1.16. The van der Waals surface area contributed by atoms with E-state index in [0.29, 0.717) is 11.1 Å². The van der Waals surface area contributed by atoms with Crippen molar-refractivity contribution < 1.29 is 18.3 Å². The number of rotatable bonds is 5. The molecule has 0 bridgehead atoms. The summed E-state index contributed by atoms with van der Waals surface area (Å²) in [5, 5.41) is 11.4. The summed E-state index contributed by atoms with van der Waals surface area (Å²) in [7, 11) is -3.07. The van der Waals surface area contributed by atoms with Crippen molar-refractivity contribution in [3.05, 3.63) is 35.4 Å². The normalized spacial score (nSPS) is 13.1. The lowest BCUT2D eigenvalue weighted by Crippen LogP contribution is -2.34. The SMILES string of the molecule is CC(CO)NC(=O)c1ccc(CS(C)(=O)=O)cc1. The van der Waals surface area contributed by atoms with E-state index in [-0.39, 0.29) is 24.3 Å². The van der Waals surface area contributed by atoms with Crippen LogP contribution in [-0.2, 0) is 15.6 Å². The van der Waals surface area contributed by atoms with Crippen LogP contribution in [0.4, 0.5) is 0 Å². The smallest absolute Gasteiger partial charge is 0.251 e. The zero-order chi connectivity index (χ0) is 13.8. The zero-order valence-corrected chi connectivity index (χ0v) is 11.2. The predicted octanol–water partition coefficient (Wildman–Crippen LogP) is 0.342. The van der Waals surface area contributed by atoms with Crippen LogP contribution in [0.25, 0.3) is 0 Å². The van der Waals surface area contributed by atoms with E-state index in [2.05, 4.69) is 5.32 Å². The van der Waals surface area contributed by atoms with Crippen molar-refractivity contribution in [1.82, 2.24) is 5.32 Å². The average molecular weight is 271 g/mol. The van der Waals surface area contributed by atoms with Crippen LogP contribution in [0, 0.1) is 0 Å². The van der Waals surface area contributed by atoms with E-state index in [1.807, 2.05) is 0 Å². The largest absolute Gasteiger partial charge is 0.394 e. The molecule has 1 aromatic carbocycles. The van der Waals surface area contributed by atoms with Gasteiger partial charge in [0.15, 0.2) is 9.84 Å².